The average Bonchev–Trinajstić information content (AvgIpc) is 2.89. The largest absolute Gasteiger partial charge is 0.494 e. The van der Waals surface area contributed by atoms with Crippen molar-refractivity contribution in [2.75, 3.05) is 13.2 Å². The van der Waals surface area contributed by atoms with Crippen LogP contribution in [0.3, 0.4) is 0 Å². The monoisotopic (exact) mass is 511 g/mol. The van der Waals surface area contributed by atoms with Crippen molar-refractivity contribution in [3.8, 4) is 5.75 Å². The molecule has 1 aliphatic heterocycles. The predicted molar refractivity (Wildman–Crippen MR) is 136 cm³/mol. The zero-order chi connectivity index (χ0) is 25.7. The number of carbonyl (C=O) groups is 1. The summed E-state index contributed by atoms with van der Waals surface area (Å²) in [5.74, 6) is 0.781. The molecule has 0 spiro atoms. The maximum Gasteiger partial charge on any atom is 0.410 e. The number of rotatable bonds is 7. The average molecular weight is 512 g/mol. The number of aliphatic hydroxyl groups is 3. The van der Waals surface area contributed by atoms with Gasteiger partial charge in [-0.2, -0.15) is 0 Å². The number of nitrogens with zero attached hydrogens (tertiary/aromatic N) is 1. The van der Waals surface area contributed by atoms with Crippen LogP contribution >= 0.6 is 11.6 Å². The van der Waals surface area contributed by atoms with Gasteiger partial charge in [0.05, 0.1) is 19.2 Å². The Labute approximate surface area is 215 Å². The van der Waals surface area contributed by atoms with E-state index in [9.17, 15) is 20.1 Å². The Morgan fingerprint density at radius 2 is 1.69 bits per heavy atom. The molecule has 36 heavy (non-hydrogen) atoms. The lowest BCUT2D eigenvalue weighted by molar-refractivity contribution is -0.132. The highest BCUT2D eigenvalue weighted by molar-refractivity contribution is 6.31. The van der Waals surface area contributed by atoms with E-state index in [-0.39, 0.29) is 13.2 Å². The molecule has 3 aromatic rings. The Hall–Kier alpha value is -3.10. The molecule has 0 unspecified atom stereocenters. The molecule has 1 amide bonds. The van der Waals surface area contributed by atoms with Crippen LogP contribution in [0.25, 0.3) is 0 Å². The molecule has 190 valence electrons. The van der Waals surface area contributed by atoms with Crippen molar-refractivity contribution >= 4 is 17.7 Å². The van der Waals surface area contributed by atoms with Gasteiger partial charge in [0.15, 0.2) is 0 Å². The van der Waals surface area contributed by atoms with Crippen molar-refractivity contribution < 1.29 is 29.6 Å². The molecule has 7 nitrogen and oxygen atoms in total. The molecule has 1 aliphatic rings. The molecule has 4 rings (SSSR count). The summed E-state index contributed by atoms with van der Waals surface area (Å²) in [6.45, 7) is 2.37. The SMILES string of the molecule is CCOc1ccc(Cc2cc([C@H]3[C@H](O)[C@@H](O)[C@H](O)CN3C(=O)OCc3ccccc3)ccc2Cl)cc1. The number of benzene rings is 3. The van der Waals surface area contributed by atoms with Gasteiger partial charge in [-0.1, -0.05) is 66.2 Å². The van der Waals surface area contributed by atoms with Crippen LogP contribution in [0.5, 0.6) is 5.75 Å². The number of hydrogen-bond donors (Lipinski definition) is 3. The standard InChI is InChI=1S/C28H30ClNO6/c1-2-35-22-11-8-18(9-12-22)14-21-15-20(10-13-23(21)29)25-27(33)26(32)24(31)16-30(25)28(34)36-17-19-6-4-3-5-7-19/h3-13,15,24-27,31-33H,2,14,16-17H2,1H3/t24-,25+,26+,27+/m1/s1. The Bertz CT molecular complexity index is 1160. The van der Waals surface area contributed by atoms with E-state index >= 15 is 0 Å². The highest BCUT2D eigenvalue weighted by Crippen LogP contribution is 2.35. The summed E-state index contributed by atoms with van der Waals surface area (Å²) >= 11 is 6.49. The second-order valence-electron chi connectivity index (χ2n) is 8.79. The van der Waals surface area contributed by atoms with Crippen molar-refractivity contribution in [1.29, 1.82) is 0 Å². The van der Waals surface area contributed by atoms with Gasteiger partial charge < -0.3 is 24.8 Å². The molecule has 8 heteroatoms. The van der Waals surface area contributed by atoms with E-state index < -0.39 is 30.4 Å². The summed E-state index contributed by atoms with van der Waals surface area (Å²) in [4.78, 5) is 14.3. The second-order valence-corrected chi connectivity index (χ2v) is 9.20. The van der Waals surface area contributed by atoms with E-state index in [2.05, 4.69) is 0 Å². The van der Waals surface area contributed by atoms with Crippen LogP contribution in [0.4, 0.5) is 4.79 Å². The number of aliphatic hydroxyl groups excluding tert-OH is 3. The lowest BCUT2D eigenvalue weighted by Crippen LogP contribution is -2.58. The Balaban J connectivity index is 1.58. The van der Waals surface area contributed by atoms with Crippen LogP contribution in [0.15, 0.2) is 72.8 Å². The van der Waals surface area contributed by atoms with Crippen LogP contribution in [0, 0.1) is 0 Å². The van der Waals surface area contributed by atoms with Gasteiger partial charge in [-0.25, -0.2) is 4.79 Å². The van der Waals surface area contributed by atoms with Crippen LogP contribution in [-0.4, -0.2) is 57.8 Å². The molecule has 0 radical (unpaired) electrons. The third kappa shape index (κ3) is 5.99. The molecule has 0 bridgehead atoms. The molecule has 4 atom stereocenters. The van der Waals surface area contributed by atoms with Crippen molar-refractivity contribution in [1.82, 2.24) is 4.90 Å². The van der Waals surface area contributed by atoms with Crippen LogP contribution in [0.1, 0.15) is 35.2 Å². The Morgan fingerprint density at radius 3 is 2.39 bits per heavy atom. The van der Waals surface area contributed by atoms with Gasteiger partial charge in [-0.15, -0.1) is 0 Å². The first-order chi connectivity index (χ1) is 17.4. The molecule has 1 fully saturated rings. The number of halogens is 1. The van der Waals surface area contributed by atoms with Crippen molar-refractivity contribution in [2.24, 2.45) is 0 Å². The minimum absolute atomic E-state index is 0.0429. The third-order valence-corrected chi connectivity index (χ3v) is 6.64. The van der Waals surface area contributed by atoms with E-state index in [0.717, 1.165) is 22.4 Å². The number of amides is 1. The summed E-state index contributed by atoms with van der Waals surface area (Å²) in [5, 5.41) is 32.1. The van der Waals surface area contributed by atoms with Crippen molar-refractivity contribution in [3.63, 3.8) is 0 Å². The minimum Gasteiger partial charge on any atom is -0.494 e. The van der Waals surface area contributed by atoms with E-state index in [1.165, 1.54) is 4.90 Å². The summed E-state index contributed by atoms with van der Waals surface area (Å²) in [7, 11) is 0. The van der Waals surface area contributed by atoms with Gasteiger partial charge in [-0.3, -0.25) is 4.90 Å². The maximum absolute atomic E-state index is 13.0. The summed E-state index contributed by atoms with van der Waals surface area (Å²) in [6, 6.07) is 21.2. The smallest absolute Gasteiger partial charge is 0.410 e. The lowest BCUT2D eigenvalue weighted by Gasteiger charge is -2.43. The van der Waals surface area contributed by atoms with Gasteiger partial charge in [-0.05, 0) is 53.8 Å². The quantitative estimate of drug-likeness (QED) is 0.441. The Morgan fingerprint density at radius 1 is 0.972 bits per heavy atom. The fourth-order valence-corrected chi connectivity index (χ4v) is 4.58. The van der Waals surface area contributed by atoms with E-state index in [1.807, 2.05) is 67.6 Å². The lowest BCUT2D eigenvalue weighted by atomic mass is 9.88. The molecule has 0 aromatic heterocycles. The highest BCUT2D eigenvalue weighted by atomic mass is 35.5. The number of ether oxygens (including phenoxy) is 2. The molecular formula is C28H30ClNO6. The summed E-state index contributed by atoms with van der Waals surface area (Å²) < 4.78 is 11.0. The summed E-state index contributed by atoms with van der Waals surface area (Å²) in [6.07, 6.45) is -4.32. The zero-order valence-electron chi connectivity index (χ0n) is 20.0. The summed E-state index contributed by atoms with van der Waals surface area (Å²) in [5.41, 5.74) is 3.19. The molecule has 0 saturated carbocycles. The molecule has 3 N–H and O–H groups in total. The van der Waals surface area contributed by atoms with E-state index in [4.69, 9.17) is 21.1 Å². The highest BCUT2D eigenvalue weighted by Gasteiger charge is 2.45. The molecule has 1 heterocycles. The fraction of sp³-hybridized carbons (Fsp3) is 0.321. The molecular weight excluding hydrogens is 482 g/mol. The van der Waals surface area contributed by atoms with Crippen LogP contribution < -0.4 is 4.74 Å². The first-order valence-electron chi connectivity index (χ1n) is 11.9. The fourth-order valence-electron chi connectivity index (χ4n) is 4.39. The van der Waals surface area contributed by atoms with E-state index in [0.29, 0.717) is 23.6 Å². The first kappa shape index (κ1) is 26.0. The number of piperidine rings is 1. The topological polar surface area (TPSA) is 99.5 Å². The second kappa shape index (κ2) is 11.8. The Kier molecular flexibility index (Phi) is 8.48. The van der Waals surface area contributed by atoms with Gasteiger partial charge in [0.1, 0.15) is 30.7 Å². The third-order valence-electron chi connectivity index (χ3n) is 6.27. The maximum atomic E-state index is 13.0. The number of likely N-dealkylation sites (tertiary alicyclic amines) is 1. The van der Waals surface area contributed by atoms with Gasteiger partial charge in [0.25, 0.3) is 0 Å². The van der Waals surface area contributed by atoms with Gasteiger partial charge in [0.2, 0.25) is 0 Å². The van der Waals surface area contributed by atoms with Gasteiger partial charge in [0, 0.05) is 5.02 Å². The number of hydrogen-bond acceptors (Lipinski definition) is 6. The van der Waals surface area contributed by atoms with Gasteiger partial charge >= 0.3 is 6.09 Å². The van der Waals surface area contributed by atoms with Crippen molar-refractivity contribution in [3.05, 3.63) is 100 Å². The number of β-amino-alcohol motifs (C(OH)–C–C–N with tert-alkyl or cyclic N) is 1. The van der Waals surface area contributed by atoms with Crippen molar-refractivity contribution in [2.45, 2.75) is 44.3 Å². The first-order valence-corrected chi connectivity index (χ1v) is 12.3. The zero-order valence-corrected chi connectivity index (χ0v) is 20.7. The molecule has 1 saturated heterocycles. The van der Waals surface area contributed by atoms with Crippen LogP contribution in [0.2, 0.25) is 5.02 Å². The minimum atomic E-state index is -1.42. The number of carbonyl (C=O) groups excluding carboxylic acids is 1. The predicted octanol–water partition coefficient (Wildman–Crippen LogP) is 4.11. The van der Waals surface area contributed by atoms with E-state index in [1.54, 1.807) is 12.1 Å². The molecule has 3 aromatic carbocycles. The molecule has 0 aliphatic carbocycles. The normalized spacial score (nSPS) is 21.8. The van der Waals surface area contributed by atoms with Crippen LogP contribution in [-0.2, 0) is 17.8 Å².